The number of hydrogen-bond acceptors (Lipinski definition) is 7. The molecule has 2 aliphatic heterocycles. The number of carbonyl (C=O) groups is 2. The predicted molar refractivity (Wildman–Crippen MR) is 101 cm³/mol. The Morgan fingerprint density at radius 1 is 1.03 bits per heavy atom. The van der Waals surface area contributed by atoms with Gasteiger partial charge in [0.05, 0.1) is 26.3 Å². The normalized spacial score (nSPS) is 21.6. The maximum absolute atomic E-state index is 12.9. The predicted octanol–water partition coefficient (Wildman–Crippen LogP) is 2.22. The van der Waals surface area contributed by atoms with Gasteiger partial charge in [0, 0.05) is 18.7 Å². The van der Waals surface area contributed by atoms with Gasteiger partial charge < -0.3 is 28.4 Å². The van der Waals surface area contributed by atoms with Crippen molar-refractivity contribution in [1.82, 2.24) is 14.8 Å². The van der Waals surface area contributed by atoms with Gasteiger partial charge in [0.1, 0.15) is 11.5 Å². The fourth-order valence-electron chi connectivity index (χ4n) is 3.69. The average Bonchev–Trinajstić information content (AvgIpc) is 3.18. The van der Waals surface area contributed by atoms with Crippen LogP contribution in [-0.2, 0) is 9.47 Å². The first-order chi connectivity index (χ1) is 15.2. The van der Waals surface area contributed by atoms with Gasteiger partial charge in [-0.05, 0) is 31.2 Å². The van der Waals surface area contributed by atoms with Crippen LogP contribution in [0.25, 0.3) is 0 Å². The minimum absolute atomic E-state index is 0.0498. The Morgan fingerprint density at radius 2 is 1.62 bits per heavy atom. The van der Waals surface area contributed by atoms with Gasteiger partial charge in [0.25, 0.3) is 11.8 Å². The summed E-state index contributed by atoms with van der Waals surface area (Å²) in [5.74, 6) is -1.95. The second-order valence-corrected chi connectivity index (χ2v) is 7.39. The van der Waals surface area contributed by atoms with Crippen molar-refractivity contribution in [3.63, 3.8) is 0 Å². The lowest BCUT2D eigenvalue weighted by Crippen LogP contribution is -2.63. The van der Waals surface area contributed by atoms with Gasteiger partial charge in [-0.3, -0.25) is 9.59 Å². The highest BCUT2D eigenvalue weighted by molar-refractivity contribution is 5.94. The van der Waals surface area contributed by atoms with E-state index >= 15 is 0 Å². The molecule has 2 fully saturated rings. The Kier molecular flexibility index (Phi) is 5.82. The Hall–Kier alpha value is -3.12. The first-order valence-electron chi connectivity index (χ1n) is 9.78. The maximum atomic E-state index is 12.9. The zero-order valence-corrected chi connectivity index (χ0v) is 17.1. The third-order valence-electron chi connectivity index (χ3n) is 5.17. The van der Waals surface area contributed by atoms with Gasteiger partial charge >= 0.3 is 6.36 Å². The lowest BCUT2D eigenvalue weighted by atomic mass is 10.1. The molecule has 32 heavy (non-hydrogen) atoms. The first-order valence-corrected chi connectivity index (χ1v) is 9.78. The fraction of sp³-hybridized carbons (Fsp3) is 0.450. The number of nitrogens with zero attached hydrogens (tertiary/aromatic N) is 3. The molecule has 1 spiro atoms. The topological polar surface area (TPSA) is 94.3 Å². The Morgan fingerprint density at radius 3 is 2.16 bits per heavy atom. The molecule has 2 aromatic rings. The van der Waals surface area contributed by atoms with Gasteiger partial charge in [-0.2, -0.15) is 0 Å². The van der Waals surface area contributed by atoms with Crippen LogP contribution in [0.1, 0.15) is 26.6 Å². The van der Waals surface area contributed by atoms with Crippen molar-refractivity contribution in [3.8, 4) is 5.75 Å². The van der Waals surface area contributed by atoms with Gasteiger partial charge in [0.15, 0.2) is 12.1 Å². The highest BCUT2D eigenvalue weighted by Gasteiger charge is 2.45. The number of halogens is 3. The maximum Gasteiger partial charge on any atom is 0.573 e. The molecule has 0 saturated carbocycles. The molecule has 1 unspecified atom stereocenters. The highest BCUT2D eigenvalue weighted by Crippen LogP contribution is 2.28. The molecule has 1 atom stereocenters. The van der Waals surface area contributed by atoms with Crippen molar-refractivity contribution >= 4 is 11.8 Å². The molecule has 2 saturated heterocycles. The van der Waals surface area contributed by atoms with E-state index in [0.717, 1.165) is 12.1 Å². The number of aromatic nitrogens is 1. The highest BCUT2D eigenvalue weighted by atomic mass is 19.4. The monoisotopic (exact) mass is 455 g/mol. The molecule has 2 amide bonds. The number of alkyl halides is 3. The van der Waals surface area contributed by atoms with Crippen LogP contribution >= 0.6 is 0 Å². The van der Waals surface area contributed by atoms with E-state index in [9.17, 15) is 22.8 Å². The Labute approximate surface area is 180 Å². The van der Waals surface area contributed by atoms with Crippen LogP contribution in [0.3, 0.4) is 0 Å². The van der Waals surface area contributed by atoms with Crippen molar-refractivity contribution in [1.29, 1.82) is 0 Å². The minimum Gasteiger partial charge on any atom is -0.448 e. The molecule has 0 N–H and O–H groups in total. The third-order valence-corrected chi connectivity index (χ3v) is 5.17. The molecule has 1 aromatic heterocycles. The number of carbonyl (C=O) groups excluding carboxylic acids is 2. The molecule has 0 aliphatic carbocycles. The van der Waals surface area contributed by atoms with Crippen LogP contribution in [0, 0.1) is 6.92 Å². The smallest absolute Gasteiger partial charge is 0.448 e. The summed E-state index contributed by atoms with van der Waals surface area (Å²) in [4.78, 5) is 32.7. The molecular formula is C20H20F3N3O6. The van der Waals surface area contributed by atoms with Crippen LogP contribution in [0.4, 0.5) is 13.2 Å². The molecule has 0 bridgehead atoms. The van der Waals surface area contributed by atoms with Crippen LogP contribution in [0.2, 0.25) is 0 Å². The standard InChI is InChI=1S/C20H20F3N3O6/c1-13-16(24-12-29-13)18(28)26-7-9-31-19(11-26)10-25(6-8-30-19)17(27)14-2-4-15(5-3-14)32-20(21,22)23/h2-5,12H,6-11H2,1H3. The Balaban J connectivity index is 1.44. The van der Waals surface area contributed by atoms with E-state index < -0.39 is 23.8 Å². The van der Waals surface area contributed by atoms with Crippen LogP contribution in [-0.4, -0.2) is 78.1 Å². The average molecular weight is 455 g/mol. The lowest BCUT2D eigenvalue weighted by molar-refractivity contribution is -0.282. The van der Waals surface area contributed by atoms with Crippen molar-refractivity contribution in [3.05, 3.63) is 47.7 Å². The number of oxazole rings is 1. The zero-order valence-electron chi connectivity index (χ0n) is 17.1. The van der Waals surface area contributed by atoms with Crippen LogP contribution in [0.5, 0.6) is 5.75 Å². The Bertz CT molecular complexity index is 989. The van der Waals surface area contributed by atoms with Gasteiger partial charge in [-0.15, -0.1) is 13.2 Å². The van der Waals surface area contributed by atoms with E-state index in [1.165, 1.54) is 28.3 Å². The lowest BCUT2D eigenvalue weighted by Gasteiger charge is -2.47. The molecule has 2 aliphatic rings. The second kappa shape index (κ2) is 8.43. The number of aryl methyl sites for hydroxylation is 1. The van der Waals surface area contributed by atoms with Crippen molar-refractivity contribution < 1.29 is 41.4 Å². The molecule has 0 radical (unpaired) electrons. The fourth-order valence-corrected chi connectivity index (χ4v) is 3.69. The number of hydrogen-bond donors (Lipinski definition) is 0. The quantitative estimate of drug-likeness (QED) is 0.701. The van der Waals surface area contributed by atoms with E-state index in [1.807, 2.05) is 0 Å². The molecular weight excluding hydrogens is 435 g/mol. The summed E-state index contributed by atoms with van der Waals surface area (Å²) in [5.41, 5.74) is 0.394. The van der Waals surface area contributed by atoms with Crippen molar-refractivity contribution in [2.45, 2.75) is 19.1 Å². The molecule has 172 valence electrons. The number of ether oxygens (including phenoxy) is 3. The minimum atomic E-state index is -4.81. The SMILES string of the molecule is Cc1ocnc1C(=O)N1CCOC2(CN(C(=O)c3ccc(OC(F)(F)F)cc3)CCO2)C1. The summed E-state index contributed by atoms with van der Waals surface area (Å²) in [5, 5.41) is 0. The molecule has 9 nitrogen and oxygen atoms in total. The summed E-state index contributed by atoms with van der Waals surface area (Å²) in [6, 6.07) is 4.68. The van der Waals surface area contributed by atoms with Gasteiger partial charge in [-0.1, -0.05) is 0 Å². The largest absolute Gasteiger partial charge is 0.573 e. The summed E-state index contributed by atoms with van der Waals surface area (Å²) >= 11 is 0. The summed E-state index contributed by atoms with van der Waals surface area (Å²) < 4.78 is 57.6. The third kappa shape index (κ3) is 4.70. The summed E-state index contributed by atoms with van der Waals surface area (Å²) in [6.45, 7) is 2.74. The van der Waals surface area contributed by atoms with Gasteiger partial charge in [0.2, 0.25) is 5.79 Å². The van der Waals surface area contributed by atoms with Gasteiger partial charge in [-0.25, -0.2) is 4.98 Å². The first kappa shape index (κ1) is 22.1. The zero-order chi connectivity index (χ0) is 22.9. The van der Waals surface area contributed by atoms with Crippen molar-refractivity contribution in [2.75, 3.05) is 39.4 Å². The molecule has 4 rings (SSSR count). The van der Waals surface area contributed by atoms with Crippen molar-refractivity contribution in [2.24, 2.45) is 0 Å². The number of benzene rings is 1. The molecule has 12 heteroatoms. The number of rotatable bonds is 3. The van der Waals surface area contributed by atoms with E-state index in [1.54, 1.807) is 6.92 Å². The number of morpholine rings is 2. The summed E-state index contributed by atoms with van der Waals surface area (Å²) in [6.07, 6.45) is -3.62. The van der Waals surface area contributed by atoms with Crippen LogP contribution in [0.15, 0.2) is 35.1 Å². The van der Waals surface area contributed by atoms with E-state index in [-0.39, 0.29) is 50.0 Å². The van der Waals surface area contributed by atoms with E-state index in [2.05, 4.69) is 9.72 Å². The molecule has 1 aromatic carbocycles. The van der Waals surface area contributed by atoms with Crippen LogP contribution < -0.4 is 4.74 Å². The van der Waals surface area contributed by atoms with E-state index in [0.29, 0.717) is 12.3 Å². The number of amides is 2. The molecule has 3 heterocycles. The summed E-state index contributed by atoms with van der Waals surface area (Å²) in [7, 11) is 0. The van der Waals surface area contributed by atoms with E-state index in [4.69, 9.17) is 13.9 Å². The second-order valence-electron chi connectivity index (χ2n) is 7.39.